The van der Waals surface area contributed by atoms with Gasteiger partial charge in [0.05, 0.1) is 30.1 Å². The van der Waals surface area contributed by atoms with Crippen LogP contribution in [0.1, 0.15) is 36.3 Å². The highest BCUT2D eigenvalue weighted by Crippen LogP contribution is 2.44. The van der Waals surface area contributed by atoms with Crippen molar-refractivity contribution in [2.24, 2.45) is 0 Å². The van der Waals surface area contributed by atoms with Crippen LogP contribution in [0.25, 0.3) is 22.2 Å². The van der Waals surface area contributed by atoms with Gasteiger partial charge in [0.2, 0.25) is 10.0 Å². The first-order valence-electron chi connectivity index (χ1n) is 13.9. The minimum absolute atomic E-state index is 0.181. The predicted molar refractivity (Wildman–Crippen MR) is 163 cm³/mol. The van der Waals surface area contributed by atoms with Gasteiger partial charge in [0.15, 0.2) is 5.13 Å². The Balaban J connectivity index is 1.44. The summed E-state index contributed by atoms with van der Waals surface area (Å²) in [5.74, 6) is 0.0610. The summed E-state index contributed by atoms with van der Waals surface area (Å²) >= 11 is 1.30. The smallest absolute Gasteiger partial charge is 0.211 e. The van der Waals surface area contributed by atoms with Crippen LogP contribution in [0.2, 0.25) is 0 Å². The Hall–Kier alpha value is -3.63. The molecule has 2 aliphatic rings. The number of hydrogen-bond acceptors (Lipinski definition) is 9. The number of pyridine rings is 1. The molecule has 12 heteroatoms. The number of aliphatic hydroxyl groups excluding tert-OH is 1. The lowest BCUT2D eigenvalue weighted by Crippen LogP contribution is -2.56. The van der Waals surface area contributed by atoms with Gasteiger partial charge in [-0.3, -0.25) is 4.98 Å². The molecule has 1 aliphatic heterocycles. The standard InChI is InChI=1S/C30H31FN6O3S2/c1-3-36(30-34-29(28(16-32)41-30)20-6-8-21(31)9-7-20)27-15-26(19-4-5-19)33-25-11-10-22(14-24(25)27)37-13-12-35(42(2,39)40)17-23(37)18-38/h6-11,14-15,19,23,38H,3-5,12-13,17-18H2,1-2H3/t23-/m1/s1. The summed E-state index contributed by atoms with van der Waals surface area (Å²) in [7, 11) is -3.36. The van der Waals surface area contributed by atoms with Crippen molar-refractivity contribution in [1.29, 1.82) is 5.26 Å². The molecule has 218 valence electrons. The Morgan fingerprint density at radius 2 is 1.90 bits per heavy atom. The Morgan fingerprint density at radius 3 is 2.55 bits per heavy atom. The van der Waals surface area contributed by atoms with Gasteiger partial charge in [-0.25, -0.2) is 17.8 Å². The minimum Gasteiger partial charge on any atom is -0.394 e. The van der Waals surface area contributed by atoms with Gasteiger partial charge in [-0.15, -0.1) is 0 Å². The minimum atomic E-state index is -3.36. The third kappa shape index (κ3) is 5.45. The molecule has 0 unspecified atom stereocenters. The molecule has 0 radical (unpaired) electrons. The van der Waals surface area contributed by atoms with Crippen LogP contribution in [0.5, 0.6) is 0 Å². The van der Waals surface area contributed by atoms with E-state index in [1.54, 1.807) is 12.1 Å². The molecule has 1 saturated heterocycles. The second kappa shape index (κ2) is 11.2. The van der Waals surface area contributed by atoms with Crippen LogP contribution < -0.4 is 9.80 Å². The summed E-state index contributed by atoms with van der Waals surface area (Å²) in [6.07, 6.45) is 3.38. The quantitative estimate of drug-likeness (QED) is 0.303. The molecule has 0 amide bonds. The van der Waals surface area contributed by atoms with E-state index in [2.05, 4.69) is 28.0 Å². The molecule has 6 rings (SSSR count). The van der Waals surface area contributed by atoms with Crippen molar-refractivity contribution in [2.75, 3.05) is 48.8 Å². The zero-order valence-electron chi connectivity index (χ0n) is 23.4. The number of halogens is 1. The first-order valence-corrected chi connectivity index (χ1v) is 16.6. The maximum Gasteiger partial charge on any atom is 0.211 e. The fourth-order valence-electron chi connectivity index (χ4n) is 5.54. The van der Waals surface area contributed by atoms with Crippen molar-refractivity contribution in [3.05, 3.63) is 64.9 Å². The van der Waals surface area contributed by atoms with E-state index >= 15 is 0 Å². The van der Waals surface area contributed by atoms with Crippen molar-refractivity contribution in [1.82, 2.24) is 14.3 Å². The summed E-state index contributed by atoms with van der Waals surface area (Å²) in [6.45, 7) is 3.43. The highest BCUT2D eigenvalue weighted by atomic mass is 32.2. The lowest BCUT2D eigenvalue weighted by Gasteiger charge is -2.41. The predicted octanol–water partition coefficient (Wildman–Crippen LogP) is 4.85. The number of anilines is 3. The van der Waals surface area contributed by atoms with Crippen molar-refractivity contribution in [3.63, 3.8) is 0 Å². The van der Waals surface area contributed by atoms with Crippen molar-refractivity contribution in [2.45, 2.75) is 31.7 Å². The first-order chi connectivity index (χ1) is 20.2. The van der Waals surface area contributed by atoms with Gasteiger partial charge in [-0.05, 0) is 68.3 Å². The van der Waals surface area contributed by atoms with Gasteiger partial charge in [0, 0.05) is 54.4 Å². The van der Waals surface area contributed by atoms with E-state index in [0.29, 0.717) is 46.8 Å². The number of piperazine rings is 1. The van der Waals surface area contributed by atoms with Gasteiger partial charge in [0.1, 0.15) is 22.5 Å². The number of hydrogen-bond donors (Lipinski definition) is 1. The SMILES string of the molecule is CCN(c1nc(-c2ccc(F)cc2)c(C#N)s1)c1cc(C2CC2)nc2ccc(N3CCN(S(C)(=O)=O)C[C@@H]3CO)cc12. The molecular formula is C30H31FN6O3S2. The Labute approximate surface area is 248 Å². The van der Waals surface area contributed by atoms with Crippen LogP contribution in [0.15, 0.2) is 48.5 Å². The van der Waals surface area contributed by atoms with Gasteiger partial charge >= 0.3 is 0 Å². The van der Waals surface area contributed by atoms with Crippen LogP contribution in [-0.2, 0) is 10.0 Å². The molecule has 9 nitrogen and oxygen atoms in total. The van der Waals surface area contributed by atoms with E-state index < -0.39 is 10.0 Å². The van der Waals surface area contributed by atoms with E-state index in [0.717, 1.165) is 40.8 Å². The lowest BCUT2D eigenvalue weighted by atomic mass is 10.1. The molecule has 0 bridgehead atoms. The second-order valence-electron chi connectivity index (χ2n) is 10.7. The average molecular weight is 607 g/mol. The molecule has 42 heavy (non-hydrogen) atoms. The van der Waals surface area contributed by atoms with Gasteiger partial charge in [-0.2, -0.15) is 9.57 Å². The third-order valence-corrected chi connectivity index (χ3v) is 10.2. The van der Waals surface area contributed by atoms with E-state index in [-0.39, 0.29) is 25.0 Å². The van der Waals surface area contributed by atoms with E-state index in [1.807, 2.05) is 19.1 Å². The number of fused-ring (bicyclic) bond motifs is 1. The lowest BCUT2D eigenvalue weighted by molar-refractivity contribution is 0.218. The zero-order chi connectivity index (χ0) is 29.6. The Kier molecular flexibility index (Phi) is 7.61. The summed E-state index contributed by atoms with van der Waals surface area (Å²) < 4.78 is 39.3. The monoisotopic (exact) mass is 606 g/mol. The van der Waals surface area contributed by atoms with Gasteiger partial charge in [0.25, 0.3) is 0 Å². The topological polar surface area (TPSA) is 114 Å². The zero-order valence-corrected chi connectivity index (χ0v) is 25.0. The van der Waals surface area contributed by atoms with Gasteiger partial charge < -0.3 is 14.9 Å². The molecule has 3 heterocycles. The third-order valence-electron chi connectivity index (χ3n) is 7.92. The van der Waals surface area contributed by atoms with Crippen molar-refractivity contribution < 1.29 is 17.9 Å². The maximum absolute atomic E-state index is 13.6. The number of nitriles is 1. The Bertz CT molecular complexity index is 1780. The van der Waals surface area contributed by atoms with E-state index in [9.17, 15) is 23.2 Å². The molecule has 1 atom stereocenters. The normalized spacial score (nSPS) is 17.9. The number of aromatic nitrogens is 2. The molecule has 2 fully saturated rings. The summed E-state index contributed by atoms with van der Waals surface area (Å²) in [5.41, 5.74) is 4.85. The molecule has 1 N–H and O–H groups in total. The average Bonchev–Trinajstić information content (AvgIpc) is 3.76. The van der Waals surface area contributed by atoms with Crippen molar-refractivity contribution in [3.8, 4) is 17.3 Å². The first kappa shape index (κ1) is 28.5. The largest absolute Gasteiger partial charge is 0.394 e. The molecule has 2 aromatic heterocycles. The number of aliphatic hydroxyl groups is 1. The molecule has 1 saturated carbocycles. The molecule has 0 spiro atoms. The maximum atomic E-state index is 13.6. The van der Waals surface area contributed by atoms with E-state index in [4.69, 9.17) is 9.97 Å². The van der Waals surface area contributed by atoms with Gasteiger partial charge in [-0.1, -0.05) is 11.3 Å². The molecule has 2 aromatic carbocycles. The molecule has 1 aliphatic carbocycles. The van der Waals surface area contributed by atoms with Crippen LogP contribution >= 0.6 is 11.3 Å². The summed E-state index contributed by atoms with van der Waals surface area (Å²) in [5, 5.41) is 21.7. The van der Waals surface area contributed by atoms with Crippen LogP contribution in [0, 0.1) is 17.1 Å². The highest BCUT2D eigenvalue weighted by Gasteiger charge is 2.32. The highest BCUT2D eigenvalue weighted by molar-refractivity contribution is 7.88. The summed E-state index contributed by atoms with van der Waals surface area (Å²) in [6, 6.07) is 16.0. The number of rotatable bonds is 8. The number of nitrogens with zero attached hydrogens (tertiary/aromatic N) is 6. The molecular weight excluding hydrogens is 576 g/mol. The second-order valence-corrected chi connectivity index (χ2v) is 13.7. The number of benzene rings is 2. The van der Waals surface area contributed by atoms with Crippen LogP contribution in [0.4, 0.5) is 20.9 Å². The fraction of sp³-hybridized carbons (Fsp3) is 0.367. The number of sulfonamides is 1. The van der Waals surface area contributed by atoms with Crippen LogP contribution in [-0.4, -0.2) is 72.9 Å². The number of thiazole rings is 1. The summed E-state index contributed by atoms with van der Waals surface area (Å²) in [4.78, 5) is 14.4. The fourth-order valence-corrected chi connectivity index (χ4v) is 7.36. The van der Waals surface area contributed by atoms with E-state index in [1.165, 1.54) is 34.0 Å². The van der Waals surface area contributed by atoms with Crippen LogP contribution in [0.3, 0.4) is 0 Å². The molecule has 4 aromatic rings. The Morgan fingerprint density at radius 1 is 1.14 bits per heavy atom. The van der Waals surface area contributed by atoms with Crippen molar-refractivity contribution >= 4 is 48.8 Å².